The van der Waals surface area contributed by atoms with Crippen molar-refractivity contribution in [2.75, 3.05) is 18.9 Å². The Kier molecular flexibility index (Phi) is 6.03. The van der Waals surface area contributed by atoms with Crippen LogP contribution in [0.25, 0.3) is 0 Å². The maximum Gasteiger partial charge on any atom is 0.238 e. The van der Waals surface area contributed by atoms with E-state index in [0.29, 0.717) is 6.54 Å². The van der Waals surface area contributed by atoms with E-state index in [9.17, 15) is 4.79 Å². The van der Waals surface area contributed by atoms with Crippen molar-refractivity contribution >= 4 is 23.2 Å². The van der Waals surface area contributed by atoms with Crippen molar-refractivity contribution in [3.05, 3.63) is 63.7 Å². The highest BCUT2D eigenvalue weighted by molar-refractivity contribution is 6.31. The van der Waals surface area contributed by atoms with Crippen LogP contribution in [0.4, 0.5) is 5.69 Å². The van der Waals surface area contributed by atoms with E-state index in [4.69, 9.17) is 11.6 Å². The number of aryl methyl sites for hydroxylation is 3. The number of likely N-dealkylation sites (N-methyl/N-ethyl adjacent to an activating group) is 1. The Balaban J connectivity index is 2.06. The Hall–Kier alpha value is -1.84. The maximum absolute atomic E-state index is 12.4. The Labute approximate surface area is 149 Å². The van der Waals surface area contributed by atoms with Gasteiger partial charge in [-0.25, -0.2) is 0 Å². The largest absolute Gasteiger partial charge is 0.324 e. The number of rotatable bonds is 5. The summed E-state index contributed by atoms with van der Waals surface area (Å²) in [6.45, 7) is 8.46. The van der Waals surface area contributed by atoms with E-state index in [1.807, 2.05) is 50.1 Å². The zero-order chi connectivity index (χ0) is 17.9. The molecule has 0 aromatic heterocycles. The van der Waals surface area contributed by atoms with Gasteiger partial charge in [0.05, 0.1) is 6.54 Å². The summed E-state index contributed by atoms with van der Waals surface area (Å²) in [7, 11) is 1.93. The third-order valence-electron chi connectivity index (χ3n) is 4.35. The van der Waals surface area contributed by atoms with E-state index in [-0.39, 0.29) is 11.9 Å². The molecule has 0 heterocycles. The molecule has 3 nitrogen and oxygen atoms in total. The molecule has 0 saturated carbocycles. The molecule has 2 rings (SSSR count). The Bertz CT molecular complexity index is 719. The van der Waals surface area contributed by atoms with Crippen LogP contribution < -0.4 is 5.32 Å². The minimum atomic E-state index is -0.0218. The first-order valence-electron chi connectivity index (χ1n) is 8.12. The molecule has 1 N–H and O–H groups in total. The van der Waals surface area contributed by atoms with Crippen LogP contribution in [0.5, 0.6) is 0 Å². The van der Waals surface area contributed by atoms with Gasteiger partial charge >= 0.3 is 0 Å². The van der Waals surface area contributed by atoms with Crippen molar-refractivity contribution in [2.45, 2.75) is 33.7 Å². The van der Waals surface area contributed by atoms with Gasteiger partial charge in [0.25, 0.3) is 0 Å². The van der Waals surface area contributed by atoms with Crippen molar-refractivity contribution in [1.29, 1.82) is 0 Å². The second-order valence-corrected chi connectivity index (χ2v) is 6.84. The van der Waals surface area contributed by atoms with Crippen LogP contribution in [0.15, 0.2) is 36.4 Å². The Morgan fingerprint density at radius 3 is 2.33 bits per heavy atom. The molecule has 0 unspecified atom stereocenters. The van der Waals surface area contributed by atoms with Gasteiger partial charge in [-0.15, -0.1) is 0 Å². The number of hydrogen-bond acceptors (Lipinski definition) is 2. The molecule has 0 bridgehead atoms. The monoisotopic (exact) mass is 344 g/mol. The van der Waals surface area contributed by atoms with Gasteiger partial charge < -0.3 is 5.32 Å². The van der Waals surface area contributed by atoms with E-state index in [1.54, 1.807) is 0 Å². The molecule has 2 aromatic rings. The molecule has 0 spiro atoms. The van der Waals surface area contributed by atoms with E-state index < -0.39 is 0 Å². The number of amides is 1. The first-order chi connectivity index (χ1) is 11.3. The topological polar surface area (TPSA) is 32.3 Å². The van der Waals surface area contributed by atoms with Crippen LogP contribution in [0, 0.1) is 20.8 Å². The molecule has 128 valence electrons. The molecular formula is C20H25ClN2O. The molecule has 0 aliphatic rings. The Morgan fingerprint density at radius 1 is 1.17 bits per heavy atom. The van der Waals surface area contributed by atoms with E-state index >= 15 is 0 Å². The average Bonchev–Trinajstić information content (AvgIpc) is 2.50. The number of nitrogens with one attached hydrogen (secondary N) is 1. The summed E-state index contributed by atoms with van der Waals surface area (Å²) in [6, 6.07) is 12.0. The summed E-state index contributed by atoms with van der Waals surface area (Å²) < 4.78 is 0. The smallest absolute Gasteiger partial charge is 0.238 e. The molecule has 0 fully saturated rings. The maximum atomic E-state index is 12.4. The van der Waals surface area contributed by atoms with Gasteiger partial charge in [-0.05, 0) is 57.5 Å². The summed E-state index contributed by atoms with van der Waals surface area (Å²) >= 11 is 6.26. The predicted octanol–water partition coefficient (Wildman–Crippen LogP) is 4.90. The van der Waals surface area contributed by atoms with Crippen LogP contribution in [-0.4, -0.2) is 24.4 Å². The molecule has 0 saturated heterocycles. The highest BCUT2D eigenvalue weighted by Gasteiger charge is 2.17. The molecule has 0 aliphatic carbocycles. The van der Waals surface area contributed by atoms with Crippen molar-refractivity contribution in [1.82, 2.24) is 4.90 Å². The van der Waals surface area contributed by atoms with Crippen molar-refractivity contribution in [3.8, 4) is 0 Å². The van der Waals surface area contributed by atoms with Crippen molar-refractivity contribution < 1.29 is 4.79 Å². The van der Waals surface area contributed by atoms with Gasteiger partial charge in [0, 0.05) is 16.8 Å². The number of carbonyl (C=O) groups excluding carboxylic acids is 1. The highest BCUT2D eigenvalue weighted by Crippen LogP contribution is 2.26. The number of benzene rings is 2. The van der Waals surface area contributed by atoms with Crippen LogP contribution in [0.1, 0.15) is 35.2 Å². The lowest BCUT2D eigenvalue weighted by Crippen LogP contribution is -2.32. The van der Waals surface area contributed by atoms with E-state index in [0.717, 1.165) is 27.4 Å². The first-order valence-corrected chi connectivity index (χ1v) is 8.49. The van der Waals surface area contributed by atoms with Crippen molar-refractivity contribution in [3.63, 3.8) is 0 Å². The summed E-state index contributed by atoms with van der Waals surface area (Å²) in [5, 5.41) is 3.77. The molecule has 0 aliphatic heterocycles. The van der Waals surface area contributed by atoms with Crippen LogP contribution >= 0.6 is 11.6 Å². The number of hydrogen-bond donors (Lipinski definition) is 1. The van der Waals surface area contributed by atoms with E-state index in [2.05, 4.69) is 31.3 Å². The predicted molar refractivity (Wildman–Crippen MR) is 102 cm³/mol. The van der Waals surface area contributed by atoms with Crippen molar-refractivity contribution in [2.24, 2.45) is 0 Å². The second kappa shape index (κ2) is 7.82. The molecule has 24 heavy (non-hydrogen) atoms. The molecule has 2 aromatic carbocycles. The lowest BCUT2D eigenvalue weighted by molar-refractivity contribution is -0.117. The fraction of sp³-hybridized carbons (Fsp3) is 0.350. The Morgan fingerprint density at radius 2 is 1.75 bits per heavy atom. The molecule has 1 atom stereocenters. The lowest BCUT2D eigenvalue weighted by atomic mass is 10.0. The molecule has 0 radical (unpaired) electrons. The highest BCUT2D eigenvalue weighted by atomic mass is 35.5. The molecule has 4 heteroatoms. The van der Waals surface area contributed by atoms with Gasteiger partial charge in [-0.3, -0.25) is 9.69 Å². The minimum Gasteiger partial charge on any atom is -0.324 e. The third kappa shape index (κ3) is 4.37. The molecular weight excluding hydrogens is 320 g/mol. The standard InChI is InChI=1S/C20H25ClN2O/c1-13-10-14(2)20(15(3)11-13)22-19(24)12-23(5)16(4)17-8-6-7-9-18(17)21/h6-11,16H,12H2,1-5H3,(H,22,24)/t16-/m1/s1. The SMILES string of the molecule is Cc1cc(C)c(NC(=O)CN(C)[C@H](C)c2ccccc2Cl)c(C)c1. The normalized spacial score (nSPS) is 12.3. The minimum absolute atomic E-state index is 0.0218. The fourth-order valence-electron chi connectivity index (χ4n) is 2.97. The van der Waals surface area contributed by atoms with Crippen LogP contribution in [0.2, 0.25) is 5.02 Å². The first kappa shape index (κ1) is 18.5. The molecule has 1 amide bonds. The number of anilines is 1. The van der Waals surface area contributed by atoms with Gasteiger partial charge in [0.1, 0.15) is 0 Å². The fourth-order valence-corrected chi connectivity index (χ4v) is 3.26. The summed E-state index contributed by atoms with van der Waals surface area (Å²) in [5.41, 5.74) is 5.30. The van der Waals surface area contributed by atoms with Crippen LogP contribution in [-0.2, 0) is 4.79 Å². The summed E-state index contributed by atoms with van der Waals surface area (Å²) in [6.07, 6.45) is 0. The zero-order valence-corrected chi connectivity index (χ0v) is 15.7. The quantitative estimate of drug-likeness (QED) is 0.836. The van der Waals surface area contributed by atoms with Gasteiger partial charge in [-0.2, -0.15) is 0 Å². The lowest BCUT2D eigenvalue weighted by Gasteiger charge is -2.25. The summed E-state index contributed by atoms with van der Waals surface area (Å²) in [5.74, 6) is -0.0218. The zero-order valence-electron chi connectivity index (χ0n) is 15.0. The number of nitrogens with zero attached hydrogens (tertiary/aromatic N) is 1. The average molecular weight is 345 g/mol. The second-order valence-electron chi connectivity index (χ2n) is 6.43. The third-order valence-corrected chi connectivity index (χ3v) is 4.70. The van der Waals surface area contributed by atoms with Gasteiger partial charge in [0.2, 0.25) is 5.91 Å². The van der Waals surface area contributed by atoms with Gasteiger partial charge in [-0.1, -0.05) is 47.5 Å². The number of carbonyl (C=O) groups is 1. The van der Waals surface area contributed by atoms with E-state index in [1.165, 1.54) is 5.56 Å². The number of halogens is 1. The van der Waals surface area contributed by atoms with Crippen LogP contribution in [0.3, 0.4) is 0 Å². The van der Waals surface area contributed by atoms with Gasteiger partial charge in [0.15, 0.2) is 0 Å². The summed E-state index contributed by atoms with van der Waals surface area (Å²) in [4.78, 5) is 14.4.